The number of amidine groups is 1. The molecule has 1 aromatic carbocycles. The van der Waals surface area contributed by atoms with Crippen LogP contribution in [0.25, 0.3) is 10.1 Å². The predicted molar refractivity (Wildman–Crippen MR) is 84.4 cm³/mol. The fourth-order valence-corrected chi connectivity index (χ4v) is 4.86. The quantitative estimate of drug-likeness (QED) is 0.879. The first kappa shape index (κ1) is 13.0. The van der Waals surface area contributed by atoms with E-state index in [1.165, 1.54) is 6.07 Å². The van der Waals surface area contributed by atoms with Crippen LogP contribution >= 0.6 is 11.3 Å². The lowest BCUT2D eigenvalue weighted by Crippen LogP contribution is -2.58. The maximum absolute atomic E-state index is 13.3. The fraction of sp³-hybridized carbons (Fsp3) is 0.438. The first-order valence-corrected chi connectivity index (χ1v) is 8.49. The molecule has 2 aromatic rings. The van der Waals surface area contributed by atoms with Gasteiger partial charge in [0.2, 0.25) is 5.72 Å². The third-order valence-corrected chi connectivity index (χ3v) is 6.12. The predicted octanol–water partition coefficient (Wildman–Crippen LogP) is 2.74. The Morgan fingerprint density at radius 2 is 2.18 bits per heavy atom. The molecule has 1 spiro atoms. The SMILES string of the molecule is Fc1ccc2cc(C3=N[C@@]4(CN5CCC4CC5)ON3)sc2c1. The van der Waals surface area contributed by atoms with E-state index < -0.39 is 5.72 Å². The number of nitrogens with zero attached hydrogens (tertiary/aromatic N) is 2. The number of piperidine rings is 3. The third kappa shape index (κ3) is 1.84. The smallest absolute Gasteiger partial charge is 0.202 e. The van der Waals surface area contributed by atoms with Crippen molar-refractivity contribution < 1.29 is 9.23 Å². The molecule has 5 heterocycles. The number of benzene rings is 1. The van der Waals surface area contributed by atoms with Crippen LogP contribution in [0.15, 0.2) is 29.3 Å². The van der Waals surface area contributed by atoms with Crippen molar-refractivity contribution in [2.24, 2.45) is 10.9 Å². The van der Waals surface area contributed by atoms with Crippen LogP contribution in [0, 0.1) is 11.7 Å². The second kappa shape index (κ2) is 4.50. The molecule has 1 N–H and O–H groups in total. The van der Waals surface area contributed by atoms with Gasteiger partial charge in [0.25, 0.3) is 0 Å². The molecule has 0 aliphatic carbocycles. The highest BCUT2D eigenvalue weighted by molar-refractivity contribution is 7.20. The Morgan fingerprint density at radius 1 is 1.32 bits per heavy atom. The van der Waals surface area contributed by atoms with Crippen LogP contribution in [0.4, 0.5) is 4.39 Å². The van der Waals surface area contributed by atoms with Crippen molar-refractivity contribution in [1.29, 1.82) is 0 Å². The maximum Gasteiger partial charge on any atom is 0.202 e. The zero-order valence-electron chi connectivity index (χ0n) is 12.0. The summed E-state index contributed by atoms with van der Waals surface area (Å²) in [5.74, 6) is 1.08. The molecule has 0 amide bonds. The van der Waals surface area contributed by atoms with E-state index in [1.54, 1.807) is 17.4 Å². The molecule has 6 heteroatoms. The lowest BCUT2D eigenvalue weighted by atomic mass is 9.81. The summed E-state index contributed by atoms with van der Waals surface area (Å²) >= 11 is 1.55. The van der Waals surface area contributed by atoms with E-state index in [1.807, 2.05) is 6.07 Å². The van der Waals surface area contributed by atoms with Crippen LogP contribution < -0.4 is 5.48 Å². The lowest BCUT2D eigenvalue weighted by Gasteiger charge is -2.47. The topological polar surface area (TPSA) is 36.9 Å². The van der Waals surface area contributed by atoms with Gasteiger partial charge in [0.1, 0.15) is 5.82 Å². The van der Waals surface area contributed by atoms with Crippen LogP contribution in [0.3, 0.4) is 0 Å². The fourth-order valence-electron chi connectivity index (χ4n) is 3.83. The molecular weight excluding hydrogens is 301 g/mol. The van der Waals surface area contributed by atoms with Gasteiger partial charge >= 0.3 is 0 Å². The van der Waals surface area contributed by atoms with Gasteiger partial charge in [-0.25, -0.2) is 19.7 Å². The minimum Gasteiger partial charge on any atom is -0.298 e. The Hall–Kier alpha value is -1.50. The number of hydroxylamine groups is 1. The second-order valence-electron chi connectivity index (χ2n) is 6.35. The van der Waals surface area contributed by atoms with Gasteiger partial charge in [0.05, 0.1) is 11.4 Å². The molecule has 4 nitrogen and oxygen atoms in total. The highest BCUT2D eigenvalue weighted by Crippen LogP contribution is 2.41. The number of halogens is 1. The molecule has 6 rings (SSSR count). The number of fused-ring (bicyclic) bond motifs is 3. The van der Waals surface area contributed by atoms with Crippen LogP contribution in [0.1, 0.15) is 17.7 Å². The highest BCUT2D eigenvalue weighted by atomic mass is 32.1. The molecule has 114 valence electrons. The zero-order chi connectivity index (χ0) is 14.7. The molecule has 3 saturated heterocycles. The number of hydrogen-bond donors (Lipinski definition) is 1. The zero-order valence-corrected chi connectivity index (χ0v) is 12.8. The summed E-state index contributed by atoms with van der Waals surface area (Å²) in [4.78, 5) is 14.3. The molecule has 1 atom stereocenters. The summed E-state index contributed by atoms with van der Waals surface area (Å²) in [6.45, 7) is 3.18. The van der Waals surface area contributed by atoms with E-state index in [0.717, 1.165) is 53.3 Å². The molecule has 4 aliphatic heterocycles. The number of aliphatic imine (C=N–C) groups is 1. The van der Waals surface area contributed by atoms with Crippen LogP contribution in [-0.4, -0.2) is 36.1 Å². The lowest BCUT2D eigenvalue weighted by molar-refractivity contribution is -0.155. The van der Waals surface area contributed by atoms with Gasteiger partial charge in [-0.05, 0) is 49.5 Å². The molecule has 3 fully saturated rings. The summed E-state index contributed by atoms with van der Waals surface area (Å²) in [6, 6.07) is 6.93. The maximum atomic E-state index is 13.3. The summed E-state index contributed by atoms with van der Waals surface area (Å²) < 4.78 is 14.3. The standard InChI is InChI=1S/C16H16FN3OS/c17-12-2-1-10-7-14(22-13(10)8-12)15-18-16(21-19-15)9-20-5-3-11(16)4-6-20/h1-2,7-8,11H,3-6,9H2,(H,18,19)/t16-/m0/s1. The van der Waals surface area contributed by atoms with Crippen molar-refractivity contribution in [1.82, 2.24) is 10.4 Å². The minimum atomic E-state index is -0.423. The van der Waals surface area contributed by atoms with Crippen molar-refractivity contribution in [2.45, 2.75) is 18.6 Å². The van der Waals surface area contributed by atoms with Gasteiger partial charge in [-0.2, -0.15) is 0 Å². The van der Waals surface area contributed by atoms with Crippen molar-refractivity contribution in [3.8, 4) is 0 Å². The van der Waals surface area contributed by atoms with Crippen LogP contribution in [0.5, 0.6) is 0 Å². The van der Waals surface area contributed by atoms with Crippen LogP contribution in [0.2, 0.25) is 0 Å². The molecular formula is C16H16FN3OS. The van der Waals surface area contributed by atoms with Gasteiger partial charge in [0.15, 0.2) is 5.84 Å². The van der Waals surface area contributed by atoms with E-state index in [0.29, 0.717) is 5.92 Å². The van der Waals surface area contributed by atoms with E-state index in [4.69, 9.17) is 9.83 Å². The van der Waals surface area contributed by atoms with Crippen molar-refractivity contribution in [3.63, 3.8) is 0 Å². The van der Waals surface area contributed by atoms with E-state index in [-0.39, 0.29) is 5.82 Å². The van der Waals surface area contributed by atoms with Crippen LogP contribution in [-0.2, 0) is 4.84 Å². The number of nitrogens with one attached hydrogen (secondary N) is 1. The van der Waals surface area contributed by atoms with Crippen molar-refractivity contribution in [2.75, 3.05) is 19.6 Å². The van der Waals surface area contributed by atoms with E-state index in [2.05, 4.69) is 16.4 Å². The molecule has 2 bridgehead atoms. The Balaban J connectivity index is 1.53. The monoisotopic (exact) mass is 317 g/mol. The van der Waals surface area contributed by atoms with Gasteiger partial charge in [-0.1, -0.05) is 6.07 Å². The van der Waals surface area contributed by atoms with Crippen molar-refractivity contribution >= 4 is 27.3 Å². The van der Waals surface area contributed by atoms with Gasteiger partial charge in [-0.15, -0.1) is 11.3 Å². The molecule has 0 saturated carbocycles. The first-order valence-electron chi connectivity index (χ1n) is 7.68. The molecule has 1 aromatic heterocycles. The average Bonchev–Trinajstić information content (AvgIpc) is 3.12. The Kier molecular flexibility index (Phi) is 2.66. The Morgan fingerprint density at radius 3 is 2.95 bits per heavy atom. The normalized spacial score (nSPS) is 33.4. The third-order valence-electron chi connectivity index (χ3n) is 5.02. The number of thiophene rings is 1. The van der Waals surface area contributed by atoms with E-state index in [9.17, 15) is 4.39 Å². The van der Waals surface area contributed by atoms with Gasteiger partial charge in [0, 0.05) is 10.6 Å². The van der Waals surface area contributed by atoms with Crippen molar-refractivity contribution in [3.05, 3.63) is 35.0 Å². The average molecular weight is 317 g/mol. The summed E-state index contributed by atoms with van der Waals surface area (Å²) in [6.07, 6.45) is 2.30. The number of rotatable bonds is 1. The summed E-state index contributed by atoms with van der Waals surface area (Å²) in [5.41, 5.74) is 2.61. The highest BCUT2D eigenvalue weighted by Gasteiger charge is 2.51. The minimum absolute atomic E-state index is 0.202. The molecule has 0 unspecified atom stereocenters. The van der Waals surface area contributed by atoms with Gasteiger partial charge in [-0.3, -0.25) is 4.90 Å². The Bertz CT molecular complexity index is 781. The number of hydrogen-bond acceptors (Lipinski definition) is 5. The van der Waals surface area contributed by atoms with Gasteiger partial charge < -0.3 is 0 Å². The second-order valence-corrected chi connectivity index (χ2v) is 7.44. The summed E-state index contributed by atoms with van der Waals surface area (Å²) in [5, 5.41) is 1.04. The largest absolute Gasteiger partial charge is 0.298 e. The van der Waals surface area contributed by atoms with E-state index >= 15 is 0 Å². The Labute approximate surface area is 131 Å². The molecule has 4 aliphatic rings. The first-order chi connectivity index (χ1) is 10.7. The summed E-state index contributed by atoms with van der Waals surface area (Å²) in [7, 11) is 0. The molecule has 0 radical (unpaired) electrons. The molecule has 22 heavy (non-hydrogen) atoms.